The summed E-state index contributed by atoms with van der Waals surface area (Å²) in [6.45, 7) is 0.449. The topological polar surface area (TPSA) is 106 Å². The summed E-state index contributed by atoms with van der Waals surface area (Å²) in [5.41, 5.74) is 0.0930. The lowest BCUT2D eigenvalue weighted by molar-refractivity contribution is -0.139. The number of ether oxygens (including phenoxy) is 1. The summed E-state index contributed by atoms with van der Waals surface area (Å²) in [7, 11) is 3.16. The van der Waals surface area contributed by atoms with Crippen molar-refractivity contribution in [2.24, 2.45) is 7.05 Å². The standard InChI is InChI=1S/C10H16N4O4/c1-14-6-8(12-13-14)9(15)11-7(10(16)17)4-3-5-18-2/h6-7H,3-5H2,1-2H3,(H,11,15)(H,16,17). The van der Waals surface area contributed by atoms with Crippen molar-refractivity contribution in [2.75, 3.05) is 13.7 Å². The Balaban J connectivity index is 2.55. The van der Waals surface area contributed by atoms with Crippen molar-refractivity contribution in [3.8, 4) is 0 Å². The second kappa shape index (κ2) is 6.70. The molecule has 0 spiro atoms. The highest BCUT2D eigenvalue weighted by molar-refractivity contribution is 5.94. The molecule has 2 N–H and O–H groups in total. The number of amides is 1. The van der Waals surface area contributed by atoms with Gasteiger partial charge in [0.05, 0.1) is 6.20 Å². The number of carboxylic acid groups (broad SMARTS) is 1. The molecule has 0 fully saturated rings. The predicted molar refractivity (Wildman–Crippen MR) is 61.0 cm³/mol. The van der Waals surface area contributed by atoms with Crippen molar-refractivity contribution in [2.45, 2.75) is 18.9 Å². The number of aliphatic carboxylic acids is 1. The number of rotatable bonds is 7. The summed E-state index contributed by atoms with van der Waals surface area (Å²) in [6.07, 6.45) is 2.27. The van der Waals surface area contributed by atoms with Gasteiger partial charge in [-0.15, -0.1) is 5.10 Å². The molecule has 0 aliphatic heterocycles. The first kappa shape index (κ1) is 14.1. The number of aromatic nitrogens is 3. The molecule has 0 aliphatic carbocycles. The van der Waals surface area contributed by atoms with E-state index in [0.717, 1.165) is 0 Å². The maximum Gasteiger partial charge on any atom is 0.326 e. The van der Waals surface area contributed by atoms with Crippen LogP contribution in [0.25, 0.3) is 0 Å². The van der Waals surface area contributed by atoms with Gasteiger partial charge in [0.1, 0.15) is 6.04 Å². The number of nitrogens with one attached hydrogen (secondary N) is 1. The molecule has 100 valence electrons. The van der Waals surface area contributed by atoms with Gasteiger partial charge >= 0.3 is 5.97 Å². The van der Waals surface area contributed by atoms with Crippen molar-refractivity contribution in [1.29, 1.82) is 0 Å². The average molecular weight is 256 g/mol. The lowest BCUT2D eigenvalue weighted by atomic mass is 10.1. The minimum absolute atomic E-state index is 0.0930. The molecule has 0 aromatic carbocycles. The summed E-state index contributed by atoms with van der Waals surface area (Å²) in [6, 6.07) is -0.949. The fourth-order valence-corrected chi connectivity index (χ4v) is 1.37. The van der Waals surface area contributed by atoms with Gasteiger partial charge < -0.3 is 15.2 Å². The molecular formula is C10H16N4O4. The molecule has 1 atom stereocenters. The molecule has 18 heavy (non-hydrogen) atoms. The first-order chi connectivity index (χ1) is 8.54. The van der Waals surface area contributed by atoms with Crippen LogP contribution in [0.3, 0.4) is 0 Å². The quantitative estimate of drug-likeness (QED) is 0.632. The van der Waals surface area contributed by atoms with E-state index in [0.29, 0.717) is 19.4 Å². The molecule has 0 saturated carbocycles. The first-order valence-corrected chi connectivity index (χ1v) is 5.43. The number of carbonyl (C=O) groups is 2. The highest BCUT2D eigenvalue weighted by Crippen LogP contribution is 2.00. The normalized spacial score (nSPS) is 12.1. The van der Waals surface area contributed by atoms with Crippen LogP contribution in [0.2, 0.25) is 0 Å². The average Bonchev–Trinajstić information content (AvgIpc) is 2.74. The third-order valence-electron chi connectivity index (χ3n) is 2.28. The summed E-state index contributed by atoms with van der Waals surface area (Å²) in [5, 5.41) is 18.6. The molecule has 1 aromatic heterocycles. The van der Waals surface area contributed by atoms with Gasteiger partial charge in [0.2, 0.25) is 0 Å². The molecule has 8 nitrogen and oxygen atoms in total. The van der Waals surface area contributed by atoms with Crippen molar-refractivity contribution in [3.05, 3.63) is 11.9 Å². The molecule has 0 bridgehead atoms. The minimum atomic E-state index is -1.08. The number of methoxy groups -OCH3 is 1. The van der Waals surface area contributed by atoms with Crippen LogP contribution in [0.5, 0.6) is 0 Å². The minimum Gasteiger partial charge on any atom is -0.480 e. The Morgan fingerprint density at radius 1 is 1.61 bits per heavy atom. The Morgan fingerprint density at radius 2 is 2.33 bits per heavy atom. The van der Waals surface area contributed by atoms with E-state index in [9.17, 15) is 9.59 Å². The number of carboxylic acids is 1. The third-order valence-corrected chi connectivity index (χ3v) is 2.28. The number of aryl methyl sites for hydroxylation is 1. The zero-order valence-electron chi connectivity index (χ0n) is 10.3. The SMILES string of the molecule is COCCCC(NC(=O)c1cn(C)nn1)C(=O)O. The van der Waals surface area contributed by atoms with Gasteiger partial charge in [0.25, 0.3) is 5.91 Å². The Kier molecular flexibility index (Phi) is 5.25. The van der Waals surface area contributed by atoms with Crippen LogP contribution in [0, 0.1) is 0 Å². The van der Waals surface area contributed by atoms with E-state index in [-0.39, 0.29) is 5.69 Å². The van der Waals surface area contributed by atoms with Crippen molar-refractivity contribution >= 4 is 11.9 Å². The van der Waals surface area contributed by atoms with E-state index < -0.39 is 17.9 Å². The Bertz CT molecular complexity index is 418. The first-order valence-electron chi connectivity index (χ1n) is 5.43. The Morgan fingerprint density at radius 3 is 2.83 bits per heavy atom. The largest absolute Gasteiger partial charge is 0.480 e. The van der Waals surface area contributed by atoms with E-state index in [2.05, 4.69) is 15.6 Å². The number of nitrogens with zero attached hydrogens (tertiary/aromatic N) is 3. The third kappa shape index (κ3) is 4.13. The van der Waals surface area contributed by atoms with Crippen molar-refractivity contribution in [1.82, 2.24) is 20.3 Å². The lowest BCUT2D eigenvalue weighted by Gasteiger charge is -2.12. The van der Waals surface area contributed by atoms with Crippen LogP contribution in [-0.2, 0) is 16.6 Å². The fraction of sp³-hybridized carbons (Fsp3) is 0.600. The molecule has 1 unspecified atom stereocenters. The lowest BCUT2D eigenvalue weighted by Crippen LogP contribution is -2.41. The Labute approximate surface area is 104 Å². The number of hydrogen-bond donors (Lipinski definition) is 2. The smallest absolute Gasteiger partial charge is 0.326 e. The van der Waals surface area contributed by atoms with Crippen LogP contribution in [0.1, 0.15) is 23.3 Å². The molecule has 0 saturated heterocycles. The van der Waals surface area contributed by atoms with E-state index in [1.54, 1.807) is 7.05 Å². The van der Waals surface area contributed by atoms with Crippen LogP contribution < -0.4 is 5.32 Å². The van der Waals surface area contributed by atoms with Gasteiger partial charge in [0.15, 0.2) is 5.69 Å². The maximum absolute atomic E-state index is 11.7. The molecule has 8 heteroatoms. The van der Waals surface area contributed by atoms with Crippen LogP contribution >= 0.6 is 0 Å². The zero-order valence-corrected chi connectivity index (χ0v) is 10.3. The van der Waals surface area contributed by atoms with Gasteiger partial charge in [-0.25, -0.2) is 4.79 Å². The molecule has 0 radical (unpaired) electrons. The van der Waals surface area contributed by atoms with Crippen molar-refractivity contribution in [3.63, 3.8) is 0 Å². The summed E-state index contributed by atoms with van der Waals surface area (Å²) in [5.74, 6) is -1.63. The van der Waals surface area contributed by atoms with Gasteiger partial charge in [-0.2, -0.15) is 0 Å². The molecule has 1 heterocycles. The van der Waals surface area contributed by atoms with Crippen LogP contribution in [-0.4, -0.2) is 51.7 Å². The number of hydrogen-bond acceptors (Lipinski definition) is 5. The van der Waals surface area contributed by atoms with Gasteiger partial charge in [-0.05, 0) is 12.8 Å². The summed E-state index contributed by atoms with van der Waals surface area (Å²) < 4.78 is 6.20. The molecule has 0 aliphatic rings. The monoisotopic (exact) mass is 256 g/mol. The van der Waals surface area contributed by atoms with E-state index in [1.165, 1.54) is 18.0 Å². The number of carbonyl (C=O) groups excluding carboxylic acids is 1. The van der Waals surface area contributed by atoms with Gasteiger partial charge in [-0.3, -0.25) is 9.48 Å². The summed E-state index contributed by atoms with van der Waals surface area (Å²) >= 11 is 0. The fourth-order valence-electron chi connectivity index (χ4n) is 1.37. The summed E-state index contributed by atoms with van der Waals surface area (Å²) in [4.78, 5) is 22.7. The second-order valence-corrected chi connectivity index (χ2v) is 3.78. The second-order valence-electron chi connectivity index (χ2n) is 3.78. The molecule has 1 aromatic rings. The Hall–Kier alpha value is -1.96. The van der Waals surface area contributed by atoms with Crippen LogP contribution in [0.15, 0.2) is 6.20 Å². The van der Waals surface area contributed by atoms with E-state index >= 15 is 0 Å². The highest BCUT2D eigenvalue weighted by Gasteiger charge is 2.21. The van der Waals surface area contributed by atoms with Gasteiger partial charge in [0, 0.05) is 20.8 Å². The molecule has 1 rings (SSSR count). The zero-order chi connectivity index (χ0) is 13.5. The van der Waals surface area contributed by atoms with Gasteiger partial charge in [-0.1, -0.05) is 5.21 Å². The highest BCUT2D eigenvalue weighted by atomic mass is 16.5. The van der Waals surface area contributed by atoms with E-state index in [4.69, 9.17) is 9.84 Å². The predicted octanol–water partition coefficient (Wildman–Crippen LogP) is -0.575. The molecular weight excluding hydrogens is 240 g/mol. The maximum atomic E-state index is 11.7. The van der Waals surface area contributed by atoms with Crippen molar-refractivity contribution < 1.29 is 19.4 Å². The van der Waals surface area contributed by atoms with E-state index in [1.807, 2.05) is 0 Å². The molecule has 1 amide bonds. The van der Waals surface area contributed by atoms with Crippen LogP contribution in [0.4, 0.5) is 0 Å².